The van der Waals surface area contributed by atoms with Crippen LogP contribution in [0, 0.1) is 0 Å². The van der Waals surface area contributed by atoms with E-state index in [0.29, 0.717) is 25.2 Å². The molecule has 1 saturated heterocycles. The molecule has 1 atom stereocenters. The van der Waals surface area contributed by atoms with Crippen LogP contribution in [0.1, 0.15) is 36.8 Å². The van der Waals surface area contributed by atoms with Crippen molar-refractivity contribution in [3.63, 3.8) is 0 Å². The van der Waals surface area contributed by atoms with E-state index in [2.05, 4.69) is 5.32 Å². The second-order valence-electron chi connectivity index (χ2n) is 5.71. The molecule has 0 saturated carbocycles. The molecule has 0 aromatic heterocycles. The summed E-state index contributed by atoms with van der Waals surface area (Å²) in [4.78, 5) is 25.2. The van der Waals surface area contributed by atoms with Crippen LogP contribution in [0.4, 0.5) is 13.2 Å². The predicted octanol–water partition coefficient (Wildman–Crippen LogP) is 2.55. The van der Waals surface area contributed by atoms with Gasteiger partial charge in [-0.1, -0.05) is 19.1 Å². The van der Waals surface area contributed by atoms with E-state index in [-0.39, 0.29) is 30.6 Å². The van der Waals surface area contributed by atoms with Crippen molar-refractivity contribution in [3.05, 3.63) is 35.4 Å². The number of nitrogens with zero attached hydrogens (tertiary/aromatic N) is 1. The molecule has 1 aliphatic rings. The Labute approximate surface area is 132 Å². The van der Waals surface area contributed by atoms with Gasteiger partial charge in [0.15, 0.2) is 0 Å². The first-order valence-corrected chi connectivity index (χ1v) is 7.49. The van der Waals surface area contributed by atoms with Crippen molar-refractivity contribution in [2.45, 2.75) is 31.9 Å². The molecule has 1 aromatic rings. The zero-order valence-electron chi connectivity index (χ0n) is 12.8. The Morgan fingerprint density at radius 3 is 2.52 bits per heavy atom. The van der Waals surface area contributed by atoms with Crippen molar-refractivity contribution in [1.82, 2.24) is 10.2 Å². The van der Waals surface area contributed by atoms with Crippen LogP contribution in [0.3, 0.4) is 0 Å². The molecule has 0 radical (unpaired) electrons. The highest BCUT2D eigenvalue weighted by Gasteiger charge is 2.30. The summed E-state index contributed by atoms with van der Waals surface area (Å²) in [6, 6.07) is 4.89. The Kier molecular flexibility index (Phi) is 5.28. The van der Waals surface area contributed by atoms with Gasteiger partial charge in [0, 0.05) is 32.5 Å². The van der Waals surface area contributed by atoms with Crippen molar-refractivity contribution in [1.29, 1.82) is 0 Å². The number of hydrogen-bond acceptors (Lipinski definition) is 2. The third-order valence-corrected chi connectivity index (χ3v) is 3.95. The number of amides is 2. The monoisotopic (exact) mass is 328 g/mol. The van der Waals surface area contributed by atoms with Gasteiger partial charge in [-0.2, -0.15) is 13.2 Å². The van der Waals surface area contributed by atoms with Gasteiger partial charge in [0.05, 0.1) is 5.56 Å². The molecule has 1 fully saturated rings. The fourth-order valence-corrected chi connectivity index (χ4v) is 2.53. The van der Waals surface area contributed by atoms with Crippen LogP contribution in [0.5, 0.6) is 0 Å². The largest absolute Gasteiger partial charge is 0.416 e. The van der Waals surface area contributed by atoms with Crippen LogP contribution < -0.4 is 5.32 Å². The number of rotatable bonds is 3. The van der Waals surface area contributed by atoms with Crippen LogP contribution in [0.2, 0.25) is 0 Å². The first kappa shape index (κ1) is 17.3. The third kappa shape index (κ3) is 4.71. The fraction of sp³-hybridized carbons (Fsp3) is 0.500. The Hall–Kier alpha value is -2.05. The van der Waals surface area contributed by atoms with Crippen molar-refractivity contribution in [2.75, 3.05) is 19.6 Å². The summed E-state index contributed by atoms with van der Waals surface area (Å²) in [5, 5.41) is 2.70. The summed E-state index contributed by atoms with van der Waals surface area (Å²) in [5.41, 5.74) is -0.00717. The molecule has 1 aliphatic heterocycles. The Morgan fingerprint density at radius 2 is 1.91 bits per heavy atom. The number of benzene rings is 1. The normalized spacial score (nSPS) is 17.4. The number of alkyl halides is 3. The molecule has 0 unspecified atom stereocenters. The topological polar surface area (TPSA) is 49.4 Å². The van der Waals surface area contributed by atoms with Gasteiger partial charge in [0.2, 0.25) is 11.8 Å². The number of hydrogen-bond donors (Lipinski definition) is 1. The van der Waals surface area contributed by atoms with Crippen molar-refractivity contribution in [2.24, 2.45) is 0 Å². The van der Waals surface area contributed by atoms with Gasteiger partial charge in [0.25, 0.3) is 0 Å². The molecule has 4 nitrogen and oxygen atoms in total. The van der Waals surface area contributed by atoms with Crippen LogP contribution in [-0.2, 0) is 15.8 Å². The Balaban J connectivity index is 1.96. The molecule has 0 aliphatic carbocycles. The Morgan fingerprint density at radius 1 is 1.26 bits per heavy atom. The standard InChI is InChI=1S/C16H19F3N2O2/c1-11(12-2-4-13(5-3-12)16(17,18)19)10-15(23)21-8-6-14(22)20-7-9-21/h2-5,11H,6-10H2,1H3,(H,20,22)/t11-/m0/s1. The van der Waals surface area contributed by atoms with Gasteiger partial charge >= 0.3 is 6.18 Å². The second-order valence-corrected chi connectivity index (χ2v) is 5.71. The van der Waals surface area contributed by atoms with Gasteiger partial charge in [-0.05, 0) is 23.6 Å². The average Bonchev–Trinajstić information content (AvgIpc) is 2.71. The summed E-state index contributed by atoms with van der Waals surface area (Å²) in [7, 11) is 0. The minimum Gasteiger partial charge on any atom is -0.354 e. The van der Waals surface area contributed by atoms with Gasteiger partial charge < -0.3 is 10.2 Å². The highest BCUT2D eigenvalue weighted by Crippen LogP contribution is 2.30. The lowest BCUT2D eigenvalue weighted by atomic mass is 9.96. The van der Waals surface area contributed by atoms with Crippen molar-refractivity contribution >= 4 is 11.8 Å². The van der Waals surface area contributed by atoms with E-state index in [1.54, 1.807) is 4.90 Å². The highest BCUT2D eigenvalue weighted by atomic mass is 19.4. The van der Waals surface area contributed by atoms with E-state index in [1.165, 1.54) is 12.1 Å². The Bertz CT molecular complexity index is 570. The summed E-state index contributed by atoms with van der Waals surface area (Å²) < 4.78 is 37.6. The average molecular weight is 328 g/mol. The van der Waals surface area contributed by atoms with Crippen LogP contribution in [-0.4, -0.2) is 36.3 Å². The van der Waals surface area contributed by atoms with Crippen LogP contribution >= 0.6 is 0 Å². The van der Waals surface area contributed by atoms with E-state index >= 15 is 0 Å². The summed E-state index contributed by atoms with van der Waals surface area (Å²) in [6.45, 7) is 3.08. The molecular formula is C16H19F3N2O2. The van der Waals surface area contributed by atoms with E-state index in [4.69, 9.17) is 0 Å². The zero-order valence-corrected chi connectivity index (χ0v) is 12.8. The SMILES string of the molecule is C[C@@H](CC(=O)N1CCNC(=O)CC1)c1ccc(C(F)(F)F)cc1. The lowest BCUT2D eigenvalue weighted by Crippen LogP contribution is -2.34. The quantitative estimate of drug-likeness (QED) is 0.927. The minimum absolute atomic E-state index is 0.0731. The van der Waals surface area contributed by atoms with Crippen LogP contribution in [0.25, 0.3) is 0 Å². The first-order valence-electron chi connectivity index (χ1n) is 7.49. The number of nitrogens with one attached hydrogen (secondary N) is 1. The van der Waals surface area contributed by atoms with Crippen LogP contribution in [0.15, 0.2) is 24.3 Å². The number of carbonyl (C=O) groups excluding carboxylic acids is 2. The highest BCUT2D eigenvalue weighted by molar-refractivity contribution is 5.80. The molecule has 0 bridgehead atoms. The molecule has 126 valence electrons. The summed E-state index contributed by atoms with van der Waals surface area (Å²) in [5.74, 6) is -0.346. The third-order valence-electron chi connectivity index (χ3n) is 3.95. The van der Waals surface area contributed by atoms with E-state index in [9.17, 15) is 22.8 Å². The molecule has 1 N–H and O–H groups in total. The number of carbonyl (C=O) groups is 2. The van der Waals surface area contributed by atoms with Crippen molar-refractivity contribution < 1.29 is 22.8 Å². The van der Waals surface area contributed by atoms with E-state index in [0.717, 1.165) is 12.1 Å². The van der Waals surface area contributed by atoms with Gasteiger partial charge in [-0.15, -0.1) is 0 Å². The smallest absolute Gasteiger partial charge is 0.354 e. The lowest BCUT2D eigenvalue weighted by molar-refractivity contribution is -0.137. The maximum atomic E-state index is 12.5. The summed E-state index contributed by atoms with van der Waals surface area (Å²) in [6.07, 6.45) is -3.87. The first-order chi connectivity index (χ1) is 10.8. The van der Waals surface area contributed by atoms with Gasteiger partial charge in [-0.3, -0.25) is 9.59 Å². The maximum absolute atomic E-state index is 12.5. The molecule has 23 heavy (non-hydrogen) atoms. The zero-order chi connectivity index (χ0) is 17.0. The second kappa shape index (κ2) is 7.02. The van der Waals surface area contributed by atoms with E-state index in [1.807, 2.05) is 6.92 Å². The molecular weight excluding hydrogens is 309 g/mol. The molecule has 7 heteroatoms. The van der Waals surface area contributed by atoms with Gasteiger partial charge in [-0.25, -0.2) is 0 Å². The summed E-state index contributed by atoms with van der Waals surface area (Å²) >= 11 is 0. The minimum atomic E-state index is -4.36. The van der Waals surface area contributed by atoms with Gasteiger partial charge in [0.1, 0.15) is 0 Å². The number of halogens is 3. The van der Waals surface area contributed by atoms with E-state index < -0.39 is 11.7 Å². The molecule has 1 heterocycles. The predicted molar refractivity (Wildman–Crippen MR) is 78.7 cm³/mol. The molecule has 1 aromatic carbocycles. The molecule has 2 rings (SSSR count). The lowest BCUT2D eigenvalue weighted by Gasteiger charge is -2.22. The maximum Gasteiger partial charge on any atom is 0.416 e. The van der Waals surface area contributed by atoms with Crippen molar-refractivity contribution in [3.8, 4) is 0 Å². The molecule has 2 amide bonds. The molecule has 0 spiro atoms. The fourth-order valence-electron chi connectivity index (χ4n) is 2.53.